The second-order valence-electron chi connectivity index (χ2n) is 7.11. The maximum atomic E-state index is 6.75. The molecule has 0 nitrogen and oxygen atoms in total. The number of allylic oxidation sites excluding steroid dienone is 11. The first-order valence-electron chi connectivity index (χ1n) is 9.34. The van der Waals surface area contributed by atoms with Crippen molar-refractivity contribution in [1.29, 1.82) is 0 Å². The van der Waals surface area contributed by atoms with Crippen LogP contribution in [0.2, 0.25) is 0 Å². The van der Waals surface area contributed by atoms with Crippen LogP contribution in [-0.2, 0) is 0 Å². The highest BCUT2D eigenvalue weighted by Gasteiger charge is 2.14. The maximum absolute atomic E-state index is 6.75. The van der Waals surface area contributed by atoms with Crippen LogP contribution >= 0.6 is 34.7 Å². The van der Waals surface area contributed by atoms with E-state index in [1.54, 1.807) is 0 Å². The maximum Gasteiger partial charge on any atom is 0.217 e. The summed E-state index contributed by atoms with van der Waals surface area (Å²) in [6.45, 7) is 8.64. The third kappa shape index (κ3) is 5.81. The van der Waals surface area contributed by atoms with Gasteiger partial charge < -0.3 is 0 Å². The summed E-state index contributed by atoms with van der Waals surface area (Å²) in [5.74, 6) is 0. The van der Waals surface area contributed by atoms with Gasteiger partial charge in [0.2, 0.25) is 21.1 Å². The van der Waals surface area contributed by atoms with Crippen LogP contribution in [0.1, 0.15) is 48.4 Å². The van der Waals surface area contributed by atoms with Crippen molar-refractivity contribution in [3.8, 4) is 0 Å². The Bertz CT molecular complexity index is 883. The van der Waals surface area contributed by atoms with Crippen molar-refractivity contribution >= 4 is 40.8 Å². The molecule has 140 valence electrons. The number of thioether (sulfide) groups is 1. The Morgan fingerprint density at radius 1 is 0.926 bits per heavy atom. The quantitative estimate of drug-likeness (QED) is 0.446. The monoisotopic (exact) mass is 413 g/mol. The van der Waals surface area contributed by atoms with Crippen molar-refractivity contribution < 1.29 is 0 Å². The van der Waals surface area contributed by atoms with Crippen molar-refractivity contribution in [2.45, 2.75) is 47.0 Å². The topological polar surface area (TPSA) is 0 Å². The van der Waals surface area contributed by atoms with Crippen molar-refractivity contribution in [2.24, 2.45) is 0 Å². The number of hydrogen-bond donors (Lipinski definition) is 0. The second-order valence-corrected chi connectivity index (χ2v) is 10.5. The Kier molecular flexibility index (Phi) is 6.97. The molecule has 1 aliphatic carbocycles. The van der Waals surface area contributed by atoms with Crippen molar-refractivity contribution in [3.63, 3.8) is 0 Å². The largest absolute Gasteiger partial charge is 0.217 e. The van der Waals surface area contributed by atoms with Gasteiger partial charge in [0.05, 0.1) is 0 Å². The van der Waals surface area contributed by atoms with Crippen LogP contribution in [0.15, 0.2) is 74.1 Å². The molecule has 1 aromatic heterocycles. The summed E-state index contributed by atoms with van der Waals surface area (Å²) in [7, 11) is 0. The van der Waals surface area contributed by atoms with Crippen LogP contribution < -0.4 is 0 Å². The normalized spacial score (nSPS) is 19.6. The van der Waals surface area contributed by atoms with Gasteiger partial charge in [0.15, 0.2) is 0 Å². The molecule has 0 fully saturated rings. The third-order valence-corrected chi connectivity index (χ3v) is 6.78. The SMILES string of the molecule is CC1=CC(=C/C=C2\CCCC(/C=C/c3cc(C)[s+]c(C)c3)=C2Cl)C=C(C)S1. The van der Waals surface area contributed by atoms with Crippen LogP contribution in [0.4, 0.5) is 0 Å². The molecule has 27 heavy (non-hydrogen) atoms. The van der Waals surface area contributed by atoms with Crippen LogP contribution in [0.5, 0.6) is 0 Å². The van der Waals surface area contributed by atoms with Crippen LogP contribution in [0.25, 0.3) is 6.08 Å². The molecule has 0 amide bonds. The standard InChI is InChI=1S/C24H26ClS2/c1-16-12-20(13-17(2)26-16)8-10-22-6-5-7-23(24(22)25)11-9-21-14-18(3)27-19(4)15-21/h8-15H,5-7H2,1-4H3/q+1. The van der Waals surface area contributed by atoms with Gasteiger partial charge in [-0.1, -0.05) is 47.7 Å². The summed E-state index contributed by atoms with van der Waals surface area (Å²) in [5.41, 5.74) is 4.99. The summed E-state index contributed by atoms with van der Waals surface area (Å²) in [4.78, 5) is 5.34. The van der Waals surface area contributed by atoms with Gasteiger partial charge in [-0.05, 0) is 77.4 Å². The molecule has 0 atom stereocenters. The molecular formula is C24H26ClS2+. The summed E-state index contributed by atoms with van der Waals surface area (Å²) in [6.07, 6.45) is 16.5. The van der Waals surface area contributed by atoms with Gasteiger partial charge >= 0.3 is 0 Å². The van der Waals surface area contributed by atoms with E-state index in [-0.39, 0.29) is 0 Å². The minimum Gasteiger partial charge on any atom is -0.0996 e. The zero-order valence-electron chi connectivity index (χ0n) is 16.4. The predicted molar refractivity (Wildman–Crippen MR) is 125 cm³/mol. The molecule has 2 aliphatic rings. The molecule has 0 saturated carbocycles. The molecule has 3 rings (SSSR count). The second kappa shape index (κ2) is 9.23. The number of rotatable bonds is 3. The molecule has 0 radical (unpaired) electrons. The van der Waals surface area contributed by atoms with E-state index < -0.39 is 0 Å². The molecule has 1 aromatic rings. The number of aryl methyl sites for hydroxylation is 2. The zero-order chi connectivity index (χ0) is 19.4. The molecule has 0 N–H and O–H groups in total. The lowest BCUT2D eigenvalue weighted by Gasteiger charge is -2.17. The summed E-state index contributed by atoms with van der Waals surface area (Å²) in [5, 5.41) is 0.924. The summed E-state index contributed by atoms with van der Waals surface area (Å²) < 4.78 is 0. The van der Waals surface area contributed by atoms with E-state index in [1.165, 1.54) is 41.8 Å². The van der Waals surface area contributed by atoms with Crippen molar-refractivity contribution in [2.75, 3.05) is 0 Å². The Balaban J connectivity index is 1.84. The molecule has 1 aliphatic heterocycles. The molecule has 2 heterocycles. The molecule has 0 saturated heterocycles. The zero-order valence-corrected chi connectivity index (χ0v) is 18.8. The number of halogens is 1. The van der Waals surface area contributed by atoms with E-state index >= 15 is 0 Å². The highest BCUT2D eigenvalue weighted by atomic mass is 35.5. The first kappa shape index (κ1) is 20.4. The lowest BCUT2D eigenvalue weighted by atomic mass is 9.93. The summed E-state index contributed by atoms with van der Waals surface area (Å²) >= 11 is 10.4. The fourth-order valence-electron chi connectivity index (χ4n) is 3.44. The first-order valence-corrected chi connectivity index (χ1v) is 11.4. The van der Waals surface area contributed by atoms with Gasteiger partial charge in [-0.25, -0.2) is 0 Å². The molecular weight excluding hydrogens is 388 g/mol. The van der Waals surface area contributed by atoms with E-state index in [0.717, 1.165) is 24.3 Å². The van der Waals surface area contributed by atoms with Gasteiger partial charge in [0.1, 0.15) is 0 Å². The van der Waals surface area contributed by atoms with Crippen molar-refractivity contribution in [3.05, 3.63) is 89.4 Å². The Morgan fingerprint density at radius 3 is 2.26 bits per heavy atom. The third-order valence-electron chi connectivity index (χ3n) is 4.53. The Morgan fingerprint density at radius 2 is 1.59 bits per heavy atom. The Labute approximate surface area is 176 Å². The highest BCUT2D eigenvalue weighted by Crippen LogP contribution is 2.35. The van der Waals surface area contributed by atoms with E-state index in [2.05, 4.69) is 76.3 Å². The average Bonchev–Trinajstić information content (AvgIpc) is 2.58. The highest BCUT2D eigenvalue weighted by molar-refractivity contribution is 8.06. The smallest absolute Gasteiger partial charge is 0.0996 e. The average molecular weight is 414 g/mol. The van der Waals surface area contributed by atoms with Gasteiger partial charge in [-0.3, -0.25) is 0 Å². The van der Waals surface area contributed by atoms with E-state index in [9.17, 15) is 0 Å². The van der Waals surface area contributed by atoms with Crippen LogP contribution in [0, 0.1) is 13.8 Å². The van der Waals surface area contributed by atoms with Gasteiger partial charge in [-0.15, -0.1) is 0 Å². The van der Waals surface area contributed by atoms with Crippen LogP contribution in [-0.4, -0.2) is 0 Å². The fourth-order valence-corrected chi connectivity index (χ4v) is 5.55. The minimum atomic E-state index is 0.924. The molecule has 3 heteroatoms. The Hall–Kier alpha value is -1.35. The van der Waals surface area contributed by atoms with Gasteiger partial charge in [0, 0.05) is 31.0 Å². The fraction of sp³-hybridized carbons (Fsp3) is 0.292. The van der Waals surface area contributed by atoms with E-state index in [1.807, 2.05) is 23.1 Å². The molecule has 0 unspecified atom stereocenters. The van der Waals surface area contributed by atoms with Crippen molar-refractivity contribution in [1.82, 2.24) is 0 Å². The lowest BCUT2D eigenvalue weighted by Crippen LogP contribution is -1.97. The molecule has 0 aromatic carbocycles. The van der Waals surface area contributed by atoms with Gasteiger partial charge in [0.25, 0.3) is 0 Å². The van der Waals surface area contributed by atoms with E-state index in [0.29, 0.717) is 0 Å². The minimum absolute atomic E-state index is 0.924. The molecule has 0 bridgehead atoms. The summed E-state index contributed by atoms with van der Waals surface area (Å²) in [6, 6.07) is 4.47. The molecule has 0 spiro atoms. The lowest BCUT2D eigenvalue weighted by molar-refractivity contribution is 0.792. The first-order chi connectivity index (χ1) is 12.9. The van der Waals surface area contributed by atoms with Crippen LogP contribution in [0.3, 0.4) is 0 Å². The van der Waals surface area contributed by atoms with E-state index in [4.69, 9.17) is 11.6 Å². The predicted octanol–water partition coefficient (Wildman–Crippen LogP) is 8.74. The number of hydrogen-bond acceptors (Lipinski definition) is 1. The van der Waals surface area contributed by atoms with Gasteiger partial charge in [-0.2, -0.15) is 0 Å².